The summed E-state index contributed by atoms with van der Waals surface area (Å²) < 4.78 is 0. The van der Waals surface area contributed by atoms with E-state index in [1.54, 1.807) is 0 Å². The fourth-order valence-electron chi connectivity index (χ4n) is 1.34. The van der Waals surface area contributed by atoms with Crippen molar-refractivity contribution in [3.63, 3.8) is 0 Å². The highest BCUT2D eigenvalue weighted by atomic mass is 16.7. The lowest BCUT2D eigenvalue weighted by molar-refractivity contribution is 0.135. The standard InChI is InChI=1S/C10H21NO2/c1-2-3-4-5-6-7-8-9-10-13-11-12/h2-10H2,1H3. The summed E-state index contributed by atoms with van der Waals surface area (Å²) in [6, 6.07) is 0. The van der Waals surface area contributed by atoms with Gasteiger partial charge in [0, 0.05) is 0 Å². The number of unbranched alkanes of at least 4 members (excludes halogenated alkanes) is 7. The van der Waals surface area contributed by atoms with E-state index in [0.717, 1.165) is 12.8 Å². The summed E-state index contributed by atoms with van der Waals surface area (Å²) in [5.41, 5.74) is 0. The van der Waals surface area contributed by atoms with E-state index in [-0.39, 0.29) is 0 Å². The Morgan fingerprint density at radius 3 is 2.00 bits per heavy atom. The Morgan fingerprint density at radius 2 is 1.46 bits per heavy atom. The van der Waals surface area contributed by atoms with Gasteiger partial charge in [0.1, 0.15) is 6.61 Å². The quantitative estimate of drug-likeness (QED) is 0.296. The smallest absolute Gasteiger partial charge is 0.155 e. The van der Waals surface area contributed by atoms with Crippen molar-refractivity contribution >= 4 is 0 Å². The van der Waals surface area contributed by atoms with Crippen molar-refractivity contribution in [3.05, 3.63) is 4.91 Å². The maximum atomic E-state index is 9.54. The minimum absolute atomic E-state index is 0.485. The molecular weight excluding hydrogens is 166 g/mol. The molecule has 0 bridgehead atoms. The lowest BCUT2D eigenvalue weighted by atomic mass is 10.1. The fraction of sp³-hybridized carbons (Fsp3) is 1.00. The van der Waals surface area contributed by atoms with Gasteiger partial charge in [-0.05, 0) is 12.8 Å². The summed E-state index contributed by atoms with van der Waals surface area (Å²) in [6.07, 6.45) is 10.1. The van der Waals surface area contributed by atoms with Gasteiger partial charge in [0.15, 0.2) is 5.34 Å². The molecule has 0 N–H and O–H groups in total. The lowest BCUT2D eigenvalue weighted by Gasteiger charge is -1.99. The number of nitrogens with zero attached hydrogens (tertiary/aromatic N) is 1. The van der Waals surface area contributed by atoms with Gasteiger partial charge < -0.3 is 4.84 Å². The second-order valence-electron chi connectivity index (χ2n) is 3.38. The third kappa shape index (κ3) is 11.4. The van der Waals surface area contributed by atoms with Crippen LogP contribution in [0.3, 0.4) is 0 Å². The van der Waals surface area contributed by atoms with Gasteiger partial charge in [0.25, 0.3) is 0 Å². The summed E-state index contributed by atoms with van der Waals surface area (Å²) >= 11 is 0. The lowest BCUT2D eigenvalue weighted by Crippen LogP contribution is -1.87. The summed E-state index contributed by atoms with van der Waals surface area (Å²) in [5.74, 6) is 0. The van der Waals surface area contributed by atoms with Crippen molar-refractivity contribution in [1.29, 1.82) is 0 Å². The van der Waals surface area contributed by atoms with Crippen LogP contribution < -0.4 is 0 Å². The van der Waals surface area contributed by atoms with Crippen LogP contribution in [-0.2, 0) is 4.84 Å². The molecule has 0 aromatic carbocycles. The Hall–Kier alpha value is -0.600. The summed E-state index contributed by atoms with van der Waals surface area (Å²) in [6.45, 7) is 2.71. The highest BCUT2D eigenvalue weighted by Crippen LogP contribution is 2.08. The van der Waals surface area contributed by atoms with Gasteiger partial charge in [0.05, 0.1) is 0 Å². The van der Waals surface area contributed by atoms with Gasteiger partial charge in [-0.1, -0.05) is 45.4 Å². The SMILES string of the molecule is CCCCCCCCCCON=O. The van der Waals surface area contributed by atoms with Crippen LogP contribution in [0.4, 0.5) is 0 Å². The molecule has 13 heavy (non-hydrogen) atoms. The van der Waals surface area contributed by atoms with E-state index in [9.17, 15) is 4.91 Å². The molecule has 0 unspecified atom stereocenters. The molecule has 0 saturated heterocycles. The van der Waals surface area contributed by atoms with E-state index in [2.05, 4.69) is 17.1 Å². The number of hydrogen-bond donors (Lipinski definition) is 0. The molecule has 0 aromatic rings. The molecule has 3 nitrogen and oxygen atoms in total. The van der Waals surface area contributed by atoms with Crippen molar-refractivity contribution in [3.8, 4) is 0 Å². The average Bonchev–Trinajstić information content (AvgIpc) is 2.16. The van der Waals surface area contributed by atoms with Gasteiger partial charge in [-0.3, -0.25) is 0 Å². The maximum Gasteiger partial charge on any atom is 0.155 e. The van der Waals surface area contributed by atoms with Gasteiger partial charge in [-0.15, -0.1) is 4.91 Å². The van der Waals surface area contributed by atoms with E-state index >= 15 is 0 Å². The van der Waals surface area contributed by atoms with Crippen molar-refractivity contribution < 1.29 is 4.84 Å². The van der Waals surface area contributed by atoms with Crippen LogP contribution in [-0.4, -0.2) is 6.61 Å². The Labute approximate surface area is 80.8 Å². The Bertz CT molecular complexity index is 107. The normalized spacial score (nSPS) is 9.92. The Morgan fingerprint density at radius 1 is 0.923 bits per heavy atom. The first kappa shape index (κ1) is 12.4. The fourth-order valence-corrected chi connectivity index (χ4v) is 1.34. The predicted octanol–water partition coefficient (Wildman–Crippen LogP) is 3.83. The zero-order valence-electron chi connectivity index (χ0n) is 8.63. The molecule has 0 aliphatic heterocycles. The van der Waals surface area contributed by atoms with E-state index < -0.39 is 0 Å². The van der Waals surface area contributed by atoms with Crippen LogP contribution in [0.15, 0.2) is 5.34 Å². The van der Waals surface area contributed by atoms with Gasteiger partial charge in [-0.25, -0.2) is 0 Å². The molecule has 0 rings (SSSR count). The maximum absolute atomic E-state index is 9.54. The first-order valence-corrected chi connectivity index (χ1v) is 5.36. The zero-order valence-corrected chi connectivity index (χ0v) is 8.63. The van der Waals surface area contributed by atoms with Crippen molar-refractivity contribution in [2.45, 2.75) is 58.3 Å². The molecular formula is C10H21NO2. The first-order valence-electron chi connectivity index (χ1n) is 5.36. The molecule has 0 atom stereocenters. The molecule has 0 aliphatic rings. The third-order valence-electron chi connectivity index (χ3n) is 2.14. The number of hydrogen-bond acceptors (Lipinski definition) is 3. The van der Waals surface area contributed by atoms with Crippen molar-refractivity contribution in [1.82, 2.24) is 0 Å². The molecule has 0 radical (unpaired) electrons. The molecule has 3 heteroatoms. The molecule has 0 amide bonds. The van der Waals surface area contributed by atoms with E-state index in [1.165, 1.54) is 38.5 Å². The Balaban J connectivity index is 2.79. The van der Waals surface area contributed by atoms with Crippen LogP contribution in [0.5, 0.6) is 0 Å². The zero-order chi connectivity index (χ0) is 9.78. The molecule has 0 spiro atoms. The van der Waals surface area contributed by atoms with Crippen molar-refractivity contribution in [2.75, 3.05) is 6.61 Å². The van der Waals surface area contributed by atoms with Gasteiger partial charge in [-0.2, -0.15) is 0 Å². The first-order chi connectivity index (χ1) is 6.41. The van der Waals surface area contributed by atoms with E-state index in [0.29, 0.717) is 6.61 Å². The largest absolute Gasteiger partial charge is 0.364 e. The topological polar surface area (TPSA) is 38.7 Å². The molecule has 78 valence electrons. The Kier molecular flexibility index (Phi) is 10.9. The highest BCUT2D eigenvalue weighted by molar-refractivity contribution is 4.45. The molecule has 0 aliphatic carbocycles. The minimum Gasteiger partial charge on any atom is -0.364 e. The van der Waals surface area contributed by atoms with Gasteiger partial charge >= 0.3 is 0 Å². The second-order valence-corrected chi connectivity index (χ2v) is 3.38. The molecule has 0 heterocycles. The van der Waals surface area contributed by atoms with Crippen LogP contribution in [0.25, 0.3) is 0 Å². The second kappa shape index (κ2) is 11.4. The highest BCUT2D eigenvalue weighted by Gasteiger charge is 1.91. The van der Waals surface area contributed by atoms with Crippen LogP contribution in [0.2, 0.25) is 0 Å². The van der Waals surface area contributed by atoms with Crippen molar-refractivity contribution in [2.24, 2.45) is 5.34 Å². The van der Waals surface area contributed by atoms with Crippen LogP contribution in [0, 0.1) is 4.91 Å². The molecule has 0 aromatic heterocycles. The number of rotatable bonds is 10. The van der Waals surface area contributed by atoms with E-state index in [1.807, 2.05) is 0 Å². The van der Waals surface area contributed by atoms with Crippen LogP contribution in [0.1, 0.15) is 58.3 Å². The van der Waals surface area contributed by atoms with E-state index in [4.69, 9.17) is 0 Å². The molecule has 0 saturated carbocycles. The summed E-state index contributed by atoms with van der Waals surface area (Å²) in [5, 5.41) is 2.34. The minimum atomic E-state index is 0.485. The van der Waals surface area contributed by atoms with Gasteiger partial charge in [0.2, 0.25) is 0 Å². The summed E-state index contributed by atoms with van der Waals surface area (Å²) in [7, 11) is 0. The monoisotopic (exact) mass is 187 g/mol. The predicted molar refractivity (Wildman–Crippen MR) is 54.4 cm³/mol. The summed E-state index contributed by atoms with van der Waals surface area (Å²) in [4.78, 5) is 13.9. The average molecular weight is 187 g/mol. The van der Waals surface area contributed by atoms with Crippen LogP contribution >= 0.6 is 0 Å². The molecule has 0 fully saturated rings. The third-order valence-corrected chi connectivity index (χ3v) is 2.14.